The number of hydrogen-bond donors (Lipinski definition) is 1. The molecule has 0 spiro atoms. The Hall–Kier alpha value is -0.790. The van der Waals surface area contributed by atoms with Gasteiger partial charge in [0.25, 0.3) is 0 Å². The van der Waals surface area contributed by atoms with Gasteiger partial charge < -0.3 is 5.11 Å². The third kappa shape index (κ3) is 4.94. The van der Waals surface area contributed by atoms with E-state index in [1.54, 1.807) is 6.92 Å². The Bertz CT molecular complexity index is 161. The standard InChI is InChI=1S/C10H18O2/c1-4-5-8(2)6-7-9(3)10(11)12/h4-5,8-9H,6-7H2,1-3H3,(H,11,12)/b5-4+. The van der Waals surface area contributed by atoms with E-state index in [0.29, 0.717) is 5.92 Å². The van der Waals surface area contributed by atoms with Gasteiger partial charge in [0.2, 0.25) is 0 Å². The van der Waals surface area contributed by atoms with Crippen LogP contribution in [-0.2, 0) is 4.79 Å². The number of hydrogen-bond acceptors (Lipinski definition) is 1. The molecule has 2 unspecified atom stereocenters. The molecule has 0 rings (SSSR count). The molecule has 2 atom stereocenters. The molecular formula is C10H18O2. The monoisotopic (exact) mass is 170 g/mol. The number of carbonyl (C=O) groups is 1. The van der Waals surface area contributed by atoms with Crippen LogP contribution in [0.5, 0.6) is 0 Å². The van der Waals surface area contributed by atoms with Crippen molar-refractivity contribution >= 4 is 5.97 Å². The molecule has 0 aromatic heterocycles. The van der Waals surface area contributed by atoms with E-state index in [4.69, 9.17) is 5.11 Å². The van der Waals surface area contributed by atoms with Crippen molar-refractivity contribution < 1.29 is 9.90 Å². The quantitative estimate of drug-likeness (QED) is 0.644. The van der Waals surface area contributed by atoms with Crippen molar-refractivity contribution in [2.45, 2.75) is 33.6 Å². The van der Waals surface area contributed by atoms with Crippen molar-refractivity contribution in [1.29, 1.82) is 0 Å². The molecule has 0 amide bonds. The lowest BCUT2D eigenvalue weighted by Gasteiger charge is -2.08. The fourth-order valence-electron chi connectivity index (χ4n) is 1.06. The van der Waals surface area contributed by atoms with E-state index in [2.05, 4.69) is 13.0 Å². The summed E-state index contributed by atoms with van der Waals surface area (Å²) >= 11 is 0. The van der Waals surface area contributed by atoms with Crippen LogP contribution in [-0.4, -0.2) is 11.1 Å². The van der Waals surface area contributed by atoms with Crippen LogP contribution in [0.25, 0.3) is 0 Å². The molecule has 1 N–H and O–H groups in total. The molecule has 0 saturated carbocycles. The number of aliphatic carboxylic acids is 1. The van der Waals surface area contributed by atoms with Gasteiger partial charge in [0.05, 0.1) is 5.92 Å². The van der Waals surface area contributed by atoms with Crippen molar-refractivity contribution in [1.82, 2.24) is 0 Å². The highest BCUT2D eigenvalue weighted by atomic mass is 16.4. The molecule has 12 heavy (non-hydrogen) atoms. The molecule has 2 nitrogen and oxygen atoms in total. The second kappa shape index (κ2) is 5.81. The first-order valence-corrected chi connectivity index (χ1v) is 4.43. The van der Waals surface area contributed by atoms with Crippen molar-refractivity contribution in [2.24, 2.45) is 11.8 Å². The zero-order valence-corrected chi connectivity index (χ0v) is 8.08. The summed E-state index contributed by atoms with van der Waals surface area (Å²) in [5.41, 5.74) is 0. The van der Waals surface area contributed by atoms with Gasteiger partial charge in [-0.25, -0.2) is 0 Å². The molecule has 70 valence electrons. The largest absolute Gasteiger partial charge is 0.481 e. The van der Waals surface area contributed by atoms with Gasteiger partial charge in [-0.2, -0.15) is 0 Å². The van der Waals surface area contributed by atoms with E-state index in [1.165, 1.54) is 0 Å². The molecule has 0 fully saturated rings. The predicted molar refractivity (Wildman–Crippen MR) is 50.0 cm³/mol. The van der Waals surface area contributed by atoms with E-state index in [0.717, 1.165) is 12.8 Å². The summed E-state index contributed by atoms with van der Waals surface area (Å²) in [6, 6.07) is 0. The molecule has 0 aromatic rings. The molecule has 0 aliphatic carbocycles. The SMILES string of the molecule is C/C=C/C(C)CCC(C)C(=O)O. The Kier molecular flexibility index (Phi) is 5.43. The van der Waals surface area contributed by atoms with Gasteiger partial charge in [0, 0.05) is 0 Å². The summed E-state index contributed by atoms with van der Waals surface area (Å²) < 4.78 is 0. The minimum absolute atomic E-state index is 0.210. The van der Waals surface area contributed by atoms with Gasteiger partial charge in [0.1, 0.15) is 0 Å². The fourth-order valence-corrected chi connectivity index (χ4v) is 1.06. The normalized spacial score (nSPS) is 16.2. The first kappa shape index (κ1) is 11.2. The molecule has 0 radical (unpaired) electrons. The molecule has 0 heterocycles. The lowest BCUT2D eigenvalue weighted by Crippen LogP contribution is -2.10. The van der Waals surface area contributed by atoms with E-state index in [1.807, 2.05) is 13.0 Å². The molecule has 0 aromatic carbocycles. The van der Waals surface area contributed by atoms with Crippen LogP contribution in [0.4, 0.5) is 0 Å². The topological polar surface area (TPSA) is 37.3 Å². The number of carboxylic acid groups (broad SMARTS) is 1. The average Bonchev–Trinajstić information content (AvgIpc) is 2.00. The summed E-state index contributed by atoms with van der Waals surface area (Å²) in [5.74, 6) is -0.405. The van der Waals surface area contributed by atoms with Crippen LogP contribution < -0.4 is 0 Å². The first-order valence-electron chi connectivity index (χ1n) is 4.43. The van der Waals surface area contributed by atoms with Gasteiger partial charge in [-0.15, -0.1) is 0 Å². The van der Waals surface area contributed by atoms with Crippen LogP contribution in [0.3, 0.4) is 0 Å². The molecule has 0 bridgehead atoms. The highest BCUT2D eigenvalue weighted by Gasteiger charge is 2.10. The van der Waals surface area contributed by atoms with E-state index in [9.17, 15) is 4.79 Å². The summed E-state index contributed by atoms with van der Waals surface area (Å²) in [7, 11) is 0. The minimum atomic E-state index is -0.692. The van der Waals surface area contributed by atoms with Crippen LogP contribution >= 0.6 is 0 Å². The van der Waals surface area contributed by atoms with E-state index in [-0.39, 0.29) is 5.92 Å². The summed E-state index contributed by atoms with van der Waals surface area (Å²) in [5, 5.41) is 8.61. The van der Waals surface area contributed by atoms with Crippen LogP contribution in [0.1, 0.15) is 33.6 Å². The minimum Gasteiger partial charge on any atom is -0.481 e. The Labute approximate surface area is 74.3 Å². The van der Waals surface area contributed by atoms with Gasteiger partial charge in [-0.05, 0) is 25.7 Å². The maximum absolute atomic E-state index is 10.5. The maximum atomic E-state index is 10.5. The molecule has 0 aliphatic heterocycles. The highest BCUT2D eigenvalue weighted by Crippen LogP contribution is 2.13. The molecular weight excluding hydrogens is 152 g/mol. The zero-order chi connectivity index (χ0) is 9.56. The lowest BCUT2D eigenvalue weighted by molar-refractivity contribution is -0.141. The van der Waals surface area contributed by atoms with Crippen molar-refractivity contribution in [3.8, 4) is 0 Å². The Morgan fingerprint density at radius 3 is 2.42 bits per heavy atom. The first-order chi connectivity index (χ1) is 5.57. The summed E-state index contributed by atoms with van der Waals surface area (Å²) in [4.78, 5) is 10.5. The second-order valence-corrected chi connectivity index (χ2v) is 3.32. The number of carboxylic acids is 1. The molecule has 0 saturated heterocycles. The molecule has 0 aliphatic rings. The van der Waals surface area contributed by atoms with Crippen molar-refractivity contribution in [3.05, 3.63) is 12.2 Å². The van der Waals surface area contributed by atoms with Gasteiger partial charge >= 0.3 is 5.97 Å². The summed E-state index contributed by atoms with van der Waals surface area (Å²) in [6.07, 6.45) is 5.84. The van der Waals surface area contributed by atoms with Crippen LogP contribution in [0.15, 0.2) is 12.2 Å². The molecule has 2 heteroatoms. The van der Waals surface area contributed by atoms with Gasteiger partial charge in [-0.1, -0.05) is 26.0 Å². The number of allylic oxidation sites excluding steroid dienone is 2. The van der Waals surface area contributed by atoms with E-state index >= 15 is 0 Å². The van der Waals surface area contributed by atoms with Gasteiger partial charge in [0.15, 0.2) is 0 Å². The van der Waals surface area contributed by atoms with E-state index < -0.39 is 5.97 Å². The van der Waals surface area contributed by atoms with Gasteiger partial charge in [-0.3, -0.25) is 4.79 Å². The predicted octanol–water partition coefficient (Wildman–Crippen LogP) is 2.70. The van der Waals surface area contributed by atoms with Crippen LogP contribution in [0.2, 0.25) is 0 Å². The highest BCUT2D eigenvalue weighted by molar-refractivity contribution is 5.69. The summed E-state index contributed by atoms with van der Waals surface area (Å²) in [6.45, 7) is 5.84. The fraction of sp³-hybridized carbons (Fsp3) is 0.700. The Balaban J connectivity index is 3.60. The lowest BCUT2D eigenvalue weighted by atomic mass is 9.98. The Morgan fingerprint density at radius 1 is 1.42 bits per heavy atom. The maximum Gasteiger partial charge on any atom is 0.306 e. The zero-order valence-electron chi connectivity index (χ0n) is 8.08. The van der Waals surface area contributed by atoms with Crippen molar-refractivity contribution in [3.63, 3.8) is 0 Å². The third-order valence-electron chi connectivity index (χ3n) is 2.00. The second-order valence-electron chi connectivity index (χ2n) is 3.32. The average molecular weight is 170 g/mol. The van der Waals surface area contributed by atoms with Crippen molar-refractivity contribution in [2.75, 3.05) is 0 Å². The van der Waals surface area contributed by atoms with Crippen LogP contribution in [0, 0.1) is 11.8 Å². The Morgan fingerprint density at radius 2 is 2.00 bits per heavy atom. The smallest absolute Gasteiger partial charge is 0.306 e. The third-order valence-corrected chi connectivity index (χ3v) is 2.00. The number of rotatable bonds is 5.